The van der Waals surface area contributed by atoms with E-state index in [1.165, 1.54) is 11.1 Å². The molecule has 0 aliphatic carbocycles. The van der Waals surface area contributed by atoms with E-state index in [1.54, 1.807) is 11.3 Å². The van der Waals surface area contributed by atoms with Gasteiger partial charge in [-0.3, -0.25) is 0 Å². The molecule has 5 heteroatoms. The van der Waals surface area contributed by atoms with Crippen LogP contribution in [0.3, 0.4) is 0 Å². The van der Waals surface area contributed by atoms with Gasteiger partial charge in [0.15, 0.2) is 0 Å². The van der Waals surface area contributed by atoms with Crippen LogP contribution in [-0.2, 0) is 6.54 Å². The van der Waals surface area contributed by atoms with Gasteiger partial charge in [0.25, 0.3) is 0 Å². The van der Waals surface area contributed by atoms with E-state index in [9.17, 15) is 0 Å². The Balaban J connectivity index is 1.95. The number of hydrogen-bond donors (Lipinski definition) is 2. The quantitative estimate of drug-likeness (QED) is 0.767. The highest BCUT2D eigenvalue weighted by Gasteiger charge is 2.07. The van der Waals surface area contributed by atoms with Crippen LogP contribution in [0.25, 0.3) is 10.9 Å². The maximum atomic E-state index is 4.52. The number of rotatable bonds is 4. The minimum Gasteiger partial charge on any atom is -0.365 e. The van der Waals surface area contributed by atoms with Crippen molar-refractivity contribution in [2.45, 2.75) is 13.5 Å². The van der Waals surface area contributed by atoms with Crippen molar-refractivity contribution in [3.8, 4) is 0 Å². The zero-order chi connectivity index (χ0) is 13.9. The third-order valence-electron chi connectivity index (χ3n) is 3.23. The fourth-order valence-corrected chi connectivity index (χ4v) is 2.93. The second-order valence-corrected chi connectivity index (χ2v) is 5.34. The number of thiophene rings is 1. The number of aryl methyl sites for hydroxylation is 1. The molecule has 0 saturated heterocycles. The number of nitrogens with zero attached hydrogens (tertiary/aromatic N) is 2. The molecule has 3 aromatic rings. The Labute approximate surface area is 121 Å². The van der Waals surface area contributed by atoms with Crippen molar-refractivity contribution in [1.82, 2.24) is 9.97 Å². The summed E-state index contributed by atoms with van der Waals surface area (Å²) in [6.07, 6.45) is 0. The Kier molecular flexibility index (Phi) is 3.52. The largest absolute Gasteiger partial charge is 0.365 e. The van der Waals surface area contributed by atoms with Crippen molar-refractivity contribution in [2.24, 2.45) is 0 Å². The van der Waals surface area contributed by atoms with Gasteiger partial charge in [-0.25, -0.2) is 4.98 Å². The van der Waals surface area contributed by atoms with Crippen LogP contribution >= 0.6 is 11.3 Å². The van der Waals surface area contributed by atoms with E-state index < -0.39 is 0 Å². The second kappa shape index (κ2) is 5.46. The van der Waals surface area contributed by atoms with Gasteiger partial charge in [-0.15, -0.1) is 0 Å². The zero-order valence-electron chi connectivity index (χ0n) is 11.5. The van der Waals surface area contributed by atoms with Crippen LogP contribution in [-0.4, -0.2) is 17.0 Å². The van der Waals surface area contributed by atoms with E-state index in [0.29, 0.717) is 5.95 Å². The topological polar surface area (TPSA) is 49.8 Å². The lowest BCUT2D eigenvalue weighted by Crippen LogP contribution is -2.05. The molecule has 20 heavy (non-hydrogen) atoms. The maximum absolute atomic E-state index is 4.52. The highest BCUT2D eigenvalue weighted by atomic mass is 32.1. The summed E-state index contributed by atoms with van der Waals surface area (Å²) in [4.78, 5) is 8.98. The summed E-state index contributed by atoms with van der Waals surface area (Å²) in [7, 11) is 1.83. The van der Waals surface area contributed by atoms with Crippen LogP contribution in [0.15, 0.2) is 35.0 Å². The Morgan fingerprint density at radius 2 is 2.00 bits per heavy atom. The van der Waals surface area contributed by atoms with Crippen LogP contribution in [0, 0.1) is 6.92 Å². The van der Waals surface area contributed by atoms with Gasteiger partial charge >= 0.3 is 0 Å². The summed E-state index contributed by atoms with van der Waals surface area (Å²) >= 11 is 1.73. The van der Waals surface area contributed by atoms with Crippen LogP contribution in [0.4, 0.5) is 11.8 Å². The van der Waals surface area contributed by atoms with Gasteiger partial charge in [0, 0.05) is 19.0 Å². The molecular formula is C15H16N4S. The fraction of sp³-hybridized carbons (Fsp3) is 0.200. The predicted molar refractivity (Wildman–Crippen MR) is 85.5 cm³/mol. The molecule has 0 unspecified atom stereocenters. The summed E-state index contributed by atoms with van der Waals surface area (Å²) in [5.41, 5.74) is 3.56. The van der Waals surface area contributed by atoms with Gasteiger partial charge in [-0.1, -0.05) is 12.1 Å². The van der Waals surface area contributed by atoms with E-state index in [0.717, 1.165) is 23.3 Å². The molecule has 0 fully saturated rings. The number of aromatic nitrogens is 2. The predicted octanol–water partition coefficient (Wildman–Crippen LogP) is 3.65. The van der Waals surface area contributed by atoms with Gasteiger partial charge in [0.1, 0.15) is 5.82 Å². The molecule has 0 aliphatic rings. The maximum Gasteiger partial charge on any atom is 0.224 e. The van der Waals surface area contributed by atoms with Crippen LogP contribution in [0.1, 0.15) is 11.1 Å². The first-order valence-electron chi connectivity index (χ1n) is 6.48. The number of hydrogen-bond acceptors (Lipinski definition) is 5. The molecule has 3 rings (SSSR count). The molecule has 102 valence electrons. The Morgan fingerprint density at radius 1 is 1.15 bits per heavy atom. The Hall–Kier alpha value is -2.14. The SMILES string of the molecule is CNc1nc(NCc2cscc2C)c2ccccc2n1. The molecule has 0 spiro atoms. The molecule has 4 nitrogen and oxygen atoms in total. The monoisotopic (exact) mass is 284 g/mol. The molecule has 0 saturated carbocycles. The van der Waals surface area contributed by atoms with Gasteiger partial charge in [-0.2, -0.15) is 16.3 Å². The van der Waals surface area contributed by atoms with E-state index in [2.05, 4.69) is 38.3 Å². The first-order valence-corrected chi connectivity index (χ1v) is 7.42. The van der Waals surface area contributed by atoms with Crippen molar-refractivity contribution in [3.05, 3.63) is 46.2 Å². The lowest BCUT2D eigenvalue weighted by molar-refractivity contribution is 1.09. The summed E-state index contributed by atoms with van der Waals surface area (Å²) in [5, 5.41) is 11.8. The number of benzene rings is 1. The molecule has 0 atom stereocenters. The molecule has 0 radical (unpaired) electrons. The van der Waals surface area contributed by atoms with Crippen molar-refractivity contribution in [1.29, 1.82) is 0 Å². The lowest BCUT2D eigenvalue weighted by Gasteiger charge is -2.10. The average molecular weight is 284 g/mol. The molecule has 0 bridgehead atoms. The highest BCUT2D eigenvalue weighted by Crippen LogP contribution is 2.23. The van der Waals surface area contributed by atoms with Crippen molar-refractivity contribution < 1.29 is 0 Å². The standard InChI is InChI=1S/C15H16N4S/c1-10-8-20-9-11(10)7-17-14-12-5-3-4-6-13(12)18-15(16-2)19-14/h3-6,8-9H,7H2,1-2H3,(H2,16,17,18,19). The summed E-state index contributed by atoms with van der Waals surface area (Å²) in [6.45, 7) is 2.91. The number of anilines is 2. The van der Waals surface area contributed by atoms with Crippen LogP contribution in [0.5, 0.6) is 0 Å². The third-order valence-corrected chi connectivity index (χ3v) is 4.14. The minimum absolute atomic E-state index is 0.633. The summed E-state index contributed by atoms with van der Waals surface area (Å²) in [6, 6.07) is 8.03. The molecule has 2 heterocycles. The molecule has 1 aromatic carbocycles. The number of para-hydroxylation sites is 1. The van der Waals surface area contributed by atoms with E-state index in [1.807, 2.05) is 31.3 Å². The van der Waals surface area contributed by atoms with E-state index >= 15 is 0 Å². The fourth-order valence-electron chi connectivity index (χ4n) is 2.07. The molecule has 0 aliphatic heterocycles. The van der Waals surface area contributed by atoms with Gasteiger partial charge in [0.05, 0.1) is 5.52 Å². The van der Waals surface area contributed by atoms with Gasteiger partial charge < -0.3 is 10.6 Å². The first kappa shape index (κ1) is 12.9. The normalized spacial score (nSPS) is 10.7. The van der Waals surface area contributed by atoms with Crippen molar-refractivity contribution >= 4 is 34.0 Å². The smallest absolute Gasteiger partial charge is 0.224 e. The molecular weight excluding hydrogens is 268 g/mol. The van der Waals surface area contributed by atoms with Gasteiger partial charge in [-0.05, 0) is 40.9 Å². The number of fused-ring (bicyclic) bond motifs is 1. The molecule has 2 aromatic heterocycles. The zero-order valence-corrected chi connectivity index (χ0v) is 12.3. The average Bonchev–Trinajstić information content (AvgIpc) is 2.89. The van der Waals surface area contributed by atoms with Crippen LogP contribution < -0.4 is 10.6 Å². The third kappa shape index (κ3) is 2.44. The van der Waals surface area contributed by atoms with E-state index in [4.69, 9.17) is 0 Å². The van der Waals surface area contributed by atoms with Crippen LogP contribution in [0.2, 0.25) is 0 Å². The minimum atomic E-state index is 0.633. The van der Waals surface area contributed by atoms with E-state index in [-0.39, 0.29) is 0 Å². The lowest BCUT2D eigenvalue weighted by atomic mass is 10.2. The second-order valence-electron chi connectivity index (χ2n) is 4.60. The Morgan fingerprint density at radius 3 is 2.75 bits per heavy atom. The molecule has 2 N–H and O–H groups in total. The van der Waals surface area contributed by atoms with Crippen molar-refractivity contribution in [2.75, 3.05) is 17.7 Å². The Bertz CT molecular complexity index is 736. The highest BCUT2D eigenvalue weighted by molar-refractivity contribution is 7.08. The van der Waals surface area contributed by atoms with Gasteiger partial charge in [0.2, 0.25) is 5.95 Å². The first-order chi connectivity index (χ1) is 9.78. The summed E-state index contributed by atoms with van der Waals surface area (Å²) < 4.78 is 0. The van der Waals surface area contributed by atoms with Crippen molar-refractivity contribution in [3.63, 3.8) is 0 Å². The number of nitrogens with one attached hydrogen (secondary N) is 2. The molecule has 0 amide bonds. The summed E-state index contributed by atoms with van der Waals surface area (Å²) in [5.74, 6) is 1.50.